The van der Waals surface area contributed by atoms with E-state index in [0.717, 1.165) is 44.5 Å². The summed E-state index contributed by atoms with van der Waals surface area (Å²) in [6, 6.07) is 15.7. The molecule has 0 atom stereocenters. The Balaban J connectivity index is 0.000000913. The number of carbonyl (C=O) groups is 1. The second kappa shape index (κ2) is 11.8. The van der Waals surface area contributed by atoms with E-state index in [-0.39, 0.29) is 18.8 Å². The van der Waals surface area contributed by atoms with Crippen molar-refractivity contribution in [2.75, 3.05) is 26.2 Å². The van der Waals surface area contributed by atoms with E-state index in [1.807, 2.05) is 18.2 Å². The van der Waals surface area contributed by atoms with Gasteiger partial charge >= 0.3 is 5.97 Å². The van der Waals surface area contributed by atoms with Crippen molar-refractivity contribution >= 4 is 16.9 Å². The van der Waals surface area contributed by atoms with Crippen LogP contribution in [-0.4, -0.2) is 51.9 Å². The van der Waals surface area contributed by atoms with Crippen molar-refractivity contribution in [2.45, 2.75) is 45.1 Å². The highest BCUT2D eigenvalue weighted by atomic mass is 19.1. The molecule has 1 aromatic heterocycles. The number of hydrogen-bond acceptors (Lipinski definition) is 3. The molecule has 0 radical (unpaired) electrons. The fraction of sp³-hybridized carbons (Fsp3) is 0.423. The van der Waals surface area contributed by atoms with Gasteiger partial charge in [0.15, 0.2) is 0 Å². The highest BCUT2D eigenvalue weighted by Crippen LogP contribution is 2.28. The minimum Gasteiger partial charge on any atom is -0.481 e. The van der Waals surface area contributed by atoms with E-state index >= 15 is 0 Å². The normalized spacial score (nSPS) is 14.8. The molecule has 0 unspecified atom stereocenters. The summed E-state index contributed by atoms with van der Waals surface area (Å²) in [5.74, 6) is -0.937. The van der Waals surface area contributed by atoms with Gasteiger partial charge in [-0.3, -0.25) is 4.79 Å². The second-order valence-electron chi connectivity index (χ2n) is 8.28. The maximum absolute atomic E-state index is 13.0. The van der Waals surface area contributed by atoms with Crippen LogP contribution in [0.25, 0.3) is 10.9 Å². The third-order valence-electron chi connectivity index (χ3n) is 6.00. The number of carboxylic acid groups (broad SMARTS) is 1. The van der Waals surface area contributed by atoms with Crippen molar-refractivity contribution < 1.29 is 19.4 Å². The van der Waals surface area contributed by atoms with Crippen molar-refractivity contribution in [1.29, 1.82) is 0 Å². The zero-order chi connectivity index (χ0) is 22.9. The van der Waals surface area contributed by atoms with Gasteiger partial charge in [-0.05, 0) is 73.4 Å². The van der Waals surface area contributed by atoms with E-state index in [4.69, 9.17) is 10.2 Å². The highest BCUT2D eigenvalue weighted by molar-refractivity contribution is 5.81. The van der Waals surface area contributed by atoms with Gasteiger partial charge in [0, 0.05) is 50.4 Å². The molecular weight excluding hydrogens is 407 g/mol. The summed E-state index contributed by atoms with van der Waals surface area (Å²) in [7, 11) is 0. The molecule has 1 aliphatic rings. The number of halogens is 1. The number of aliphatic carboxylic acids is 1. The maximum atomic E-state index is 13.0. The number of nitrogens with zero attached hydrogens (tertiary/aromatic N) is 2. The summed E-state index contributed by atoms with van der Waals surface area (Å²) in [6.07, 6.45) is 6.06. The average molecular weight is 441 g/mol. The average Bonchev–Trinajstić information content (AvgIpc) is 3.21. The Labute approximate surface area is 189 Å². The van der Waals surface area contributed by atoms with Crippen molar-refractivity contribution in [1.82, 2.24) is 9.47 Å². The van der Waals surface area contributed by atoms with Gasteiger partial charge < -0.3 is 19.7 Å². The van der Waals surface area contributed by atoms with Gasteiger partial charge in [0.25, 0.3) is 0 Å². The molecule has 32 heavy (non-hydrogen) atoms. The van der Waals surface area contributed by atoms with Crippen molar-refractivity contribution in [2.24, 2.45) is 0 Å². The molecule has 2 heterocycles. The summed E-state index contributed by atoms with van der Waals surface area (Å²) in [6.45, 7) is 5.05. The first-order valence-electron chi connectivity index (χ1n) is 11.4. The lowest BCUT2D eigenvalue weighted by Crippen LogP contribution is -2.35. The van der Waals surface area contributed by atoms with Crippen LogP contribution in [0.5, 0.6) is 0 Å². The number of aromatic nitrogens is 1. The Bertz CT molecular complexity index is 992. The Morgan fingerprint density at radius 2 is 1.69 bits per heavy atom. The SMILES string of the molecule is CCO.O=C(O)CCc1ccc2ccn(C3CCN(CCc4ccc(F)cc4)CC3)c2c1. The molecule has 1 saturated heterocycles. The Morgan fingerprint density at radius 1 is 1.03 bits per heavy atom. The molecule has 0 spiro atoms. The molecule has 1 aliphatic heterocycles. The van der Waals surface area contributed by atoms with Gasteiger partial charge in [0.1, 0.15) is 5.82 Å². The van der Waals surface area contributed by atoms with Crippen LogP contribution in [0.4, 0.5) is 4.39 Å². The highest BCUT2D eigenvalue weighted by Gasteiger charge is 2.21. The molecule has 0 aliphatic carbocycles. The molecule has 5 nitrogen and oxygen atoms in total. The second-order valence-corrected chi connectivity index (χ2v) is 8.28. The lowest BCUT2D eigenvalue weighted by molar-refractivity contribution is -0.136. The van der Waals surface area contributed by atoms with Crippen LogP contribution in [0.15, 0.2) is 54.7 Å². The predicted molar refractivity (Wildman–Crippen MR) is 125 cm³/mol. The van der Waals surface area contributed by atoms with Crippen LogP contribution in [0, 0.1) is 5.82 Å². The molecule has 4 rings (SSSR count). The summed E-state index contributed by atoms with van der Waals surface area (Å²) in [4.78, 5) is 13.4. The van der Waals surface area contributed by atoms with Crippen molar-refractivity contribution in [3.8, 4) is 0 Å². The summed E-state index contributed by atoms with van der Waals surface area (Å²) in [5, 5.41) is 17.7. The third-order valence-corrected chi connectivity index (χ3v) is 6.00. The van der Waals surface area contributed by atoms with Crippen molar-refractivity contribution in [3.05, 3.63) is 71.7 Å². The molecule has 172 valence electrons. The Kier molecular flexibility index (Phi) is 8.82. The minimum absolute atomic E-state index is 0.165. The number of aliphatic hydroxyl groups excluding tert-OH is 1. The fourth-order valence-electron chi connectivity index (χ4n) is 4.28. The predicted octanol–water partition coefficient (Wildman–Crippen LogP) is 4.68. The number of benzene rings is 2. The molecule has 3 aromatic rings. The molecule has 0 amide bonds. The summed E-state index contributed by atoms with van der Waals surface area (Å²) >= 11 is 0. The standard InChI is InChI=1S/C24H27FN2O2.C2H6O/c25-21-6-2-18(3-7-21)9-13-26-14-11-22(12-15-26)27-16-10-20-5-1-19(17-23(20)27)4-8-24(28)29;1-2-3/h1-3,5-7,10,16-17,22H,4,8-9,11-15H2,(H,28,29);3H,2H2,1H3. The van der Waals surface area contributed by atoms with Gasteiger partial charge in [-0.1, -0.05) is 24.3 Å². The molecule has 1 fully saturated rings. The number of likely N-dealkylation sites (tertiary alicyclic amines) is 1. The number of aryl methyl sites for hydroxylation is 1. The lowest BCUT2D eigenvalue weighted by Gasteiger charge is -2.33. The van der Waals surface area contributed by atoms with Gasteiger partial charge in [-0.15, -0.1) is 0 Å². The molecule has 2 N–H and O–H groups in total. The van der Waals surface area contributed by atoms with Gasteiger partial charge in [0.05, 0.1) is 0 Å². The van der Waals surface area contributed by atoms with Gasteiger partial charge in [-0.25, -0.2) is 4.39 Å². The van der Waals surface area contributed by atoms with Crippen LogP contribution in [-0.2, 0) is 17.6 Å². The number of rotatable bonds is 7. The number of aliphatic hydroxyl groups is 1. The number of piperidine rings is 1. The molecule has 6 heteroatoms. The van der Waals surface area contributed by atoms with Crippen LogP contribution in [0.3, 0.4) is 0 Å². The molecule has 0 saturated carbocycles. The Morgan fingerprint density at radius 3 is 2.34 bits per heavy atom. The lowest BCUT2D eigenvalue weighted by atomic mass is 10.0. The van der Waals surface area contributed by atoms with Crippen LogP contribution in [0.2, 0.25) is 0 Å². The van der Waals surface area contributed by atoms with E-state index < -0.39 is 5.97 Å². The number of hydrogen-bond donors (Lipinski definition) is 2. The Hall–Kier alpha value is -2.70. The molecule has 2 aromatic carbocycles. The first-order valence-corrected chi connectivity index (χ1v) is 11.4. The van der Waals surface area contributed by atoms with Crippen LogP contribution >= 0.6 is 0 Å². The van der Waals surface area contributed by atoms with E-state index in [2.05, 4.69) is 33.9 Å². The fourth-order valence-corrected chi connectivity index (χ4v) is 4.28. The van der Waals surface area contributed by atoms with E-state index in [1.54, 1.807) is 6.92 Å². The van der Waals surface area contributed by atoms with E-state index in [9.17, 15) is 9.18 Å². The van der Waals surface area contributed by atoms with Gasteiger partial charge in [0.2, 0.25) is 0 Å². The third kappa shape index (κ3) is 6.65. The maximum Gasteiger partial charge on any atom is 0.303 e. The van der Waals surface area contributed by atoms with Crippen LogP contribution in [0.1, 0.15) is 43.4 Å². The largest absolute Gasteiger partial charge is 0.481 e. The molecular formula is C26H33FN2O3. The monoisotopic (exact) mass is 440 g/mol. The minimum atomic E-state index is -0.756. The van der Waals surface area contributed by atoms with E-state index in [0.29, 0.717) is 12.5 Å². The zero-order valence-corrected chi connectivity index (χ0v) is 18.7. The van der Waals surface area contributed by atoms with Crippen molar-refractivity contribution in [3.63, 3.8) is 0 Å². The first-order chi connectivity index (χ1) is 15.5. The number of fused-ring (bicyclic) bond motifs is 1. The summed E-state index contributed by atoms with van der Waals surface area (Å²) < 4.78 is 15.4. The van der Waals surface area contributed by atoms with Crippen LogP contribution < -0.4 is 0 Å². The smallest absolute Gasteiger partial charge is 0.303 e. The van der Waals surface area contributed by atoms with E-state index in [1.165, 1.54) is 28.6 Å². The first kappa shape index (κ1) is 24.0. The zero-order valence-electron chi connectivity index (χ0n) is 18.7. The summed E-state index contributed by atoms with van der Waals surface area (Å²) in [5.41, 5.74) is 3.47. The number of carboxylic acids is 1. The quantitative estimate of drug-likeness (QED) is 0.560. The molecule has 0 bridgehead atoms. The van der Waals surface area contributed by atoms with Gasteiger partial charge in [-0.2, -0.15) is 0 Å². The topological polar surface area (TPSA) is 65.7 Å².